The van der Waals surface area contributed by atoms with Crippen LogP contribution in [-0.4, -0.2) is 60.4 Å². The van der Waals surface area contributed by atoms with E-state index in [0.717, 1.165) is 24.7 Å². The minimum atomic E-state index is -0.259. The Labute approximate surface area is 139 Å². The molecule has 1 amide bonds. The van der Waals surface area contributed by atoms with Gasteiger partial charge in [-0.05, 0) is 6.92 Å². The van der Waals surface area contributed by atoms with Crippen molar-refractivity contribution in [3.8, 4) is 0 Å². The molecule has 3 rings (SSSR count). The molecule has 2 N–H and O–H groups in total. The predicted octanol–water partition coefficient (Wildman–Crippen LogP) is 0.452. The predicted molar refractivity (Wildman–Crippen MR) is 87.1 cm³/mol. The number of rotatable bonds is 6. The molecule has 0 unspecified atom stereocenters. The van der Waals surface area contributed by atoms with Gasteiger partial charge in [0.05, 0.1) is 13.2 Å². The van der Waals surface area contributed by atoms with Gasteiger partial charge in [0, 0.05) is 38.3 Å². The highest BCUT2D eigenvalue weighted by Gasteiger charge is 2.13. The first kappa shape index (κ1) is 16.2. The summed E-state index contributed by atoms with van der Waals surface area (Å²) >= 11 is 0. The van der Waals surface area contributed by atoms with E-state index in [9.17, 15) is 4.79 Å². The van der Waals surface area contributed by atoms with E-state index in [0.29, 0.717) is 32.1 Å². The lowest BCUT2D eigenvalue weighted by molar-refractivity contribution is 0.0946. The maximum Gasteiger partial charge on any atom is 0.273 e. The standard InChI is InChI=1S/C15H20N6O3/c1-11-8-12(20-24-11)15(22)17-3-2-16-13-9-14(19-10-18-13)21-4-6-23-7-5-21/h8-10H,2-7H2,1H3,(H,17,22)(H,16,18,19). The number of anilines is 2. The van der Waals surface area contributed by atoms with Crippen molar-refractivity contribution >= 4 is 17.5 Å². The summed E-state index contributed by atoms with van der Waals surface area (Å²) in [5.74, 6) is 1.94. The van der Waals surface area contributed by atoms with Gasteiger partial charge in [0.1, 0.15) is 23.7 Å². The number of morpholine rings is 1. The van der Waals surface area contributed by atoms with Crippen molar-refractivity contribution in [3.05, 3.63) is 29.9 Å². The van der Waals surface area contributed by atoms with Crippen molar-refractivity contribution in [3.63, 3.8) is 0 Å². The van der Waals surface area contributed by atoms with Gasteiger partial charge in [-0.1, -0.05) is 5.16 Å². The molecule has 0 bridgehead atoms. The lowest BCUT2D eigenvalue weighted by Gasteiger charge is -2.27. The molecule has 0 saturated carbocycles. The molecule has 3 heterocycles. The van der Waals surface area contributed by atoms with Gasteiger partial charge in [-0.25, -0.2) is 9.97 Å². The van der Waals surface area contributed by atoms with E-state index in [1.54, 1.807) is 13.0 Å². The minimum Gasteiger partial charge on any atom is -0.378 e. The van der Waals surface area contributed by atoms with Crippen LogP contribution in [0.2, 0.25) is 0 Å². The summed E-state index contributed by atoms with van der Waals surface area (Å²) in [6, 6.07) is 3.50. The Balaban J connectivity index is 1.45. The molecule has 1 aliphatic rings. The number of aromatic nitrogens is 3. The molecule has 0 aromatic carbocycles. The number of nitrogens with one attached hydrogen (secondary N) is 2. The molecule has 128 valence electrons. The summed E-state index contributed by atoms with van der Waals surface area (Å²) in [5.41, 5.74) is 0.282. The van der Waals surface area contributed by atoms with E-state index in [1.165, 1.54) is 6.33 Å². The average Bonchev–Trinajstić information content (AvgIpc) is 3.06. The molecule has 1 saturated heterocycles. The van der Waals surface area contributed by atoms with Crippen LogP contribution < -0.4 is 15.5 Å². The Morgan fingerprint density at radius 2 is 2.08 bits per heavy atom. The second kappa shape index (κ2) is 7.73. The highest BCUT2D eigenvalue weighted by atomic mass is 16.5. The third kappa shape index (κ3) is 4.19. The fourth-order valence-corrected chi connectivity index (χ4v) is 2.34. The lowest BCUT2D eigenvalue weighted by Crippen LogP contribution is -2.36. The number of amides is 1. The highest BCUT2D eigenvalue weighted by Crippen LogP contribution is 2.15. The lowest BCUT2D eigenvalue weighted by atomic mass is 10.3. The molecular formula is C15H20N6O3. The normalized spacial score (nSPS) is 14.5. The van der Waals surface area contributed by atoms with Crippen molar-refractivity contribution < 1.29 is 14.1 Å². The molecule has 0 spiro atoms. The Morgan fingerprint density at radius 1 is 1.25 bits per heavy atom. The van der Waals surface area contributed by atoms with Crippen LogP contribution in [0.25, 0.3) is 0 Å². The summed E-state index contributed by atoms with van der Waals surface area (Å²) in [6.07, 6.45) is 1.53. The molecule has 24 heavy (non-hydrogen) atoms. The van der Waals surface area contributed by atoms with Gasteiger partial charge in [-0.15, -0.1) is 0 Å². The summed E-state index contributed by atoms with van der Waals surface area (Å²) < 4.78 is 10.2. The van der Waals surface area contributed by atoms with E-state index in [1.807, 2.05) is 6.07 Å². The average molecular weight is 332 g/mol. The van der Waals surface area contributed by atoms with Gasteiger partial charge in [0.2, 0.25) is 0 Å². The first-order valence-electron chi connectivity index (χ1n) is 7.82. The van der Waals surface area contributed by atoms with Crippen LogP contribution in [0.3, 0.4) is 0 Å². The molecular weight excluding hydrogens is 312 g/mol. The summed E-state index contributed by atoms with van der Waals surface area (Å²) in [6.45, 7) is 5.80. The summed E-state index contributed by atoms with van der Waals surface area (Å²) in [7, 11) is 0. The van der Waals surface area contributed by atoms with Gasteiger partial charge in [-0.2, -0.15) is 0 Å². The van der Waals surface area contributed by atoms with Crippen molar-refractivity contribution in [1.29, 1.82) is 0 Å². The van der Waals surface area contributed by atoms with Gasteiger partial charge < -0.3 is 24.8 Å². The summed E-state index contributed by atoms with van der Waals surface area (Å²) in [5, 5.41) is 9.61. The zero-order chi connectivity index (χ0) is 16.8. The van der Waals surface area contributed by atoms with E-state index in [2.05, 4.69) is 30.7 Å². The maximum atomic E-state index is 11.8. The van der Waals surface area contributed by atoms with Crippen LogP contribution in [0.4, 0.5) is 11.6 Å². The van der Waals surface area contributed by atoms with Gasteiger partial charge in [0.25, 0.3) is 5.91 Å². The molecule has 0 atom stereocenters. The zero-order valence-electron chi connectivity index (χ0n) is 13.5. The van der Waals surface area contributed by atoms with E-state index in [-0.39, 0.29) is 11.6 Å². The number of hydrogen-bond acceptors (Lipinski definition) is 8. The number of carbonyl (C=O) groups excluding carboxylic acids is 1. The number of carbonyl (C=O) groups is 1. The molecule has 0 radical (unpaired) electrons. The third-order valence-electron chi connectivity index (χ3n) is 3.57. The van der Waals surface area contributed by atoms with Crippen molar-refractivity contribution in [2.75, 3.05) is 49.6 Å². The highest BCUT2D eigenvalue weighted by molar-refractivity contribution is 5.92. The Hall–Kier alpha value is -2.68. The van der Waals surface area contributed by atoms with Crippen LogP contribution >= 0.6 is 0 Å². The second-order valence-corrected chi connectivity index (χ2v) is 5.37. The van der Waals surface area contributed by atoms with Crippen LogP contribution in [0, 0.1) is 6.92 Å². The zero-order valence-corrected chi connectivity index (χ0v) is 13.5. The molecule has 9 heteroatoms. The summed E-state index contributed by atoms with van der Waals surface area (Å²) in [4.78, 5) is 22.5. The quantitative estimate of drug-likeness (QED) is 0.735. The topological polar surface area (TPSA) is 105 Å². The molecule has 2 aromatic heterocycles. The van der Waals surface area contributed by atoms with Crippen molar-refractivity contribution in [1.82, 2.24) is 20.4 Å². The largest absolute Gasteiger partial charge is 0.378 e. The van der Waals surface area contributed by atoms with Crippen LogP contribution in [-0.2, 0) is 4.74 Å². The Bertz CT molecular complexity index is 683. The molecule has 0 aliphatic carbocycles. The number of hydrogen-bond donors (Lipinski definition) is 2. The van der Waals surface area contributed by atoms with Crippen LogP contribution in [0.5, 0.6) is 0 Å². The van der Waals surface area contributed by atoms with Gasteiger partial charge >= 0.3 is 0 Å². The first-order chi connectivity index (χ1) is 11.7. The van der Waals surface area contributed by atoms with E-state index >= 15 is 0 Å². The van der Waals surface area contributed by atoms with Crippen molar-refractivity contribution in [2.45, 2.75) is 6.92 Å². The second-order valence-electron chi connectivity index (χ2n) is 5.37. The SMILES string of the molecule is Cc1cc(C(=O)NCCNc2cc(N3CCOCC3)ncn2)no1. The third-order valence-corrected chi connectivity index (χ3v) is 3.57. The number of aryl methyl sites for hydroxylation is 1. The minimum absolute atomic E-state index is 0.259. The van der Waals surface area contributed by atoms with Gasteiger partial charge in [-0.3, -0.25) is 4.79 Å². The smallest absolute Gasteiger partial charge is 0.273 e. The number of ether oxygens (including phenoxy) is 1. The van der Waals surface area contributed by atoms with E-state index < -0.39 is 0 Å². The van der Waals surface area contributed by atoms with Crippen molar-refractivity contribution in [2.24, 2.45) is 0 Å². The Kier molecular flexibility index (Phi) is 5.22. The molecule has 2 aromatic rings. The van der Waals surface area contributed by atoms with Crippen LogP contribution in [0.1, 0.15) is 16.2 Å². The molecule has 1 fully saturated rings. The molecule has 9 nitrogen and oxygen atoms in total. The van der Waals surface area contributed by atoms with Crippen LogP contribution in [0.15, 0.2) is 23.0 Å². The first-order valence-corrected chi connectivity index (χ1v) is 7.82. The number of nitrogens with zero attached hydrogens (tertiary/aromatic N) is 4. The molecule has 1 aliphatic heterocycles. The fourth-order valence-electron chi connectivity index (χ4n) is 2.34. The maximum absolute atomic E-state index is 11.8. The van der Waals surface area contributed by atoms with E-state index in [4.69, 9.17) is 9.26 Å². The fraction of sp³-hybridized carbons (Fsp3) is 0.467. The Morgan fingerprint density at radius 3 is 2.83 bits per heavy atom. The monoisotopic (exact) mass is 332 g/mol. The van der Waals surface area contributed by atoms with Gasteiger partial charge in [0.15, 0.2) is 5.69 Å².